The van der Waals surface area contributed by atoms with E-state index in [2.05, 4.69) is 19.2 Å². The summed E-state index contributed by atoms with van der Waals surface area (Å²) in [7, 11) is 0. The number of amides is 1. The van der Waals surface area contributed by atoms with Gasteiger partial charge in [0.15, 0.2) is 0 Å². The number of carbonyl (C=O) groups excluding carboxylic acids is 1. The number of hydrogen-bond donors (Lipinski definition) is 2. The van der Waals surface area contributed by atoms with Crippen LogP contribution in [0.25, 0.3) is 0 Å². The highest BCUT2D eigenvalue weighted by Gasteiger charge is 2.24. The lowest BCUT2D eigenvalue weighted by atomic mass is 9.80. The number of nitrogens with one attached hydrogen (secondary N) is 1. The molecule has 0 aromatic rings. The van der Waals surface area contributed by atoms with Gasteiger partial charge in [-0.1, -0.05) is 13.8 Å². The molecule has 0 saturated heterocycles. The van der Waals surface area contributed by atoms with Crippen LogP contribution in [-0.2, 0) is 9.59 Å². The molecule has 2 unspecified atom stereocenters. The summed E-state index contributed by atoms with van der Waals surface area (Å²) in [6.07, 6.45) is 5.26. The molecule has 1 amide bonds. The molecule has 0 heterocycles. The van der Waals surface area contributed by atoms with E-state index in [0.717, 1.165) is 12.8 Å². The zero-order valence-electron chi connectivity index (χ0n) is 11.4. The number of unbranched alkanes of at least 4 members (excludes halogenated alkanes) is 1. The predicted octanol–water partition coefficient (Wildman–Crippen LogP) is 2.57. The first-order chi connectivity index (χ1) is 8.47. The summed E-state index contributed by atoms with van der Waals surface area (Å²) in [5.41, 5.74) is 0. The second-order valence-electron chi connectivity index (χ2n) is 5.78. The van der Waals surface area contributed by atoms with Crippen molar-refractivity contribution in [3.05, 3.63) is 0 Å². The van der Waals surface area contributed by atoms with Crippen LogP contribution in [0, 0.1) is 11.8 Å². The summed E-state index contributed by atoms with van der Waals surface area (Å²) in [6, 6.07) is 0.315. The minimum absolute atomic E-state index is 0.0756. The summed E-state index contributed by atoms with van der Waals surface area (Å²) < 4.78 is 0. The molecule has 4 nitrogen and oxygen atoms in total. The van der Waals surface area contributed by atoms with E-state index in [0.29, 0.717) is 37.1 Å². The summed E-state index contributed by atoms with van der Waals surface area (Å²) in [6.45, 7) is 4.48. The normalized spacial score (nSPS) is 27.8. The number of carboxylic acids is 1. The van der Waals surface area contributed by atoms with Gasteiger partial charge in [-0.05, 0) is 43.9 Å². The summed E-state index contributed by atoms with van der Waals surface area (Å²) >= 11 is 0. The minimum atomic E-state index is -0.787. The predicted molar refractivity (Wildman–Crippen MR) is 70.2 cm³/mol. The Morgan fingerprint density at radius 1 is 1.06 bits per heavy atom. The molecule has 0 radical (unpaired) electrons. The van der Waals surface area contributed by atoms with Crippen LogP contribution in [0.2, 0.25) is 0 Å². The van der Waals surface area contributed by atoms with Crippen molar-refractivity contribution in [2.45, 2.75) is 64.8 Å². The molecule has 1 fully saturated rings. The Labute approximate surface area is 109 Å². The molecule has 1 rings (SSSR count). The van der Waals surface area contributed by atoms with Crippen molar-refractivity contribution in [3.8, 4) is 0 Å². The van der Waals surface area contributed by atoms with Crippen LogP contribution in [0.3, 0.4) is 0 Å². The summed E-state index contributed by atoms with van der Waals surface area (Å²) in [4.78, 5) is 22.0. The molecule has 2 atom stereocenters. The van der Waals surface area contributed by atoms with Gasteiger partial charge in [-0.25, -0.2) is 0 Å². The van der Waals surface area contributed by atoms with E-state index in [1.165, 1.54) is 6.42 Å². The highest BCUT2D eigenvalue weighted by molar-refractivity contribution is 5.76. The molecular weight excluding hydrogens is 230 g/mol. The monoisotopic (exact) mass is 255 g/mol. The van der Waals surface area contributed by atoms with Crippen LogP contribution in [0.4, 0.5) is 0 Å². The molecule has 1 aliphatic rings. The quantitative estimate of drug-likeness (QED) is 0.717. The summed E-state index contributed by atoms with van der Waals surface area (Å²) in [5.74, 6) is 0.661. The molecule has 4 heteroatoms. The first-order valence-corrected chi connectivity index (χ1v) is 6.98. The van der Waals surface area contributed by atoms with Crippen molar-refractivity contribution in [2.24, 2.45) is 11.8 Å². The van der Waals surface area contributed by atoms with Crippen molar-refractivity contribution in [1.82, 2.24) is 5.32 Å². The highest BCUT2D eigenvalue weighted by Crippen LogP contribution is 2.28. The summed E-state index contributed by atoms with van der Waals surface area (Å²) in [5, 5.41) is 11.6. The fourth-order valence-corrected chi connectivity index (χ4v) is 2.93. The van der Waals surface area contributed by atoms with E-state index in [4.69, 9.17) is 5.11 Å². The number of aliphatic carboxylic acids is 1. The van der Waals surface area contributed by atoms with E-state index in [1.54, 1.807) is 0 Å². The molecule has 0 aromatic carbocycles. The standard InChI is InChI=1S/C14H25NO3/c1-10-7-11(2)9-12(8-10)15-13(16)5-3-4-6-14(17)18/h10-12H,3-9H2,1-2H3,(H,15,16)(H,17,18). The lowest BCUT2D eigenvalue weighted by molar-refractivity contribution is -0.137. The van der Waals surface area contributed by atoms with Gasteiger partial charge in [0.1, 0.15) is 0 Å². The maximum Gasteiger partial charge on any atom is 0.303 e. The maximum absolute atomic E-state index is 11.7. The zero-order chi connectivity index (χ0) is 13.5. The highest BCUT2D eigenvalue weighted by atomic mass is 16.4. The smallest absolute Gasteiger partial charge is 0.303 e. The molecular formula is C14H25NO3. The van der Waals surface area contributed by atoms with Gasteiger partial charge in [0.2, 0.25) is 5.91 Å². The van der Waals surface area contributed by atoms with Crippen molar-refractivity contribution >= 4 is 11.9 Å². The van der Waals surface area contributed by atoms with Gasteiger partial charge >= 0.3 is 5.97 Å². The Morgan fingerprint density at radius 2 is 1.61 bits per heavy atom. The molecule has 1 saturated carbocycles. The third kappa shape index (κ3) is 6.03. The van der Waals surface area contributed by atoms with E-state index >= 15 is 0 Å². The average molecular weight is 255 g/mol. The van der Waals surface area contributed by atoms with Gasteiger partial charge in [-0.3, -0.25) is 9.59 Å². The lowest BCUT2D eigenvalue weighted by Gasteiger charge is -2.32. The first-order valence-electron chi connectivity index (χ1n) is 6.98. The van der Waals surface area contributed by atoms with E-state index in [1.807, 2.05) is 0 Å². The Hall–Kier alpha value is -1.06. The molecule has 2 N–H and O–H groups in total. The lowest BCUT2D eigenvalue weighted by Crippen LogP contribution is -2.39. The average Bonchev–Trinajstić information content (AvgIpc) is 2.22. The third-order valence-electron chi connectivity index (χ3n) is 3.59. The van der Waals surface area contributed by atoms with Crippen molar-refractivity contribution in [2.75, 3.05) is 0 Å². The fourth-order valence-electron chi connectivity index (χ4n) is 2.93. The van der Waals surface area contributed by atoms with E-state index in [9.17, 15) is 9.59 Å². The fraction of sp³-hybridized carbons (Fsp3) is 0.857. The second-order valence-corrected chi connectivity index (χ2v) is 5.78. The van der Waals surface area contributed by atoms with Crippen molar-refractivity contribution in [3.63, 3.8) is 0 Å². The minimum Gasteiger partial charge on any atom is -0.481 e. The Morgan fingerprint density at radius 3 is 2.17 bits per heavy atom. The van der Waals surface area contributed by atoms with Gasteiger partial charge in [-0.2, -0.15) is 0 Å². The van der Waals surface area contributed by atoms with Crippen LogP contribution in [-0.4, -0.2) is 23.0 Å². The van der Waals surface area contributed by atoms with Crippen LogP contribution in [0.15, 0.2) is 0 Å². The number of carboxylic acid groups (broad SMARTS) is 1. The van der Waals surface area contributed by atoms with Crippen molar-refractivity contribution in [1.29, 1.82) is 0 Å². The van der Waals surface area contributed by atoms with E-state index < -0.39 is 5.97 Å². The Bertz CT molecular complexity index is 281. The van der Waals surface area contributed by atoms with Gasteiger partial charge in [0.25, 0.3) is 0 Å². The van der Waals surface area contributed by atoms with Gasteiger partial charge in [0, 0.05) is 18.9 Å². The Balaban J connectivity index is 2.17. The molecule has 18 heavy (non-hydrogen) atoms. The van der Waals surface area contributed by atoms with E-state index in [-0.39, 0.29) is 12.3 Å². The van der Waals surface area contributed by atoms with Gasteiger partial charge in [0.05, 0.1) is 0 Å². The first kappa shape index (κ1) is 15.0. The molecule has 0 spiro atoms. The maximum atomic E-state index is 11.7. The van der Waals surface area contributed by atoms with Crippen LogP contribution < -0.4 is 5.32 Å². The molecule has 0 bridgehead atoms. The van der Waals surface area contributed by atoms with Crippen molar-refractivity contribution < 1.29 is 14.7 Å². The largest absolute Gasteiger partial charge is 0.481 e. The van der Waals surface area contributed by atoms with Gasteiger partial charge < -0.3 is 10.4 Å². The van der Waals surface area contributed by atoms with Gasteiger partial charge in [-0.15, -0.1) is 0 Å². The molecule has 0 aliphatic heterocycles. The van der Waals surface area contributed by atoms with Crippen LogP contribution in [0.1, 0.15) is 58.8 Å². The van der Waals surface area contributed by atoms with Crippen LogP contribution >= 0.6 is 0 Å². The number of hydrogen-bond acceptors (Lipinski definition) is 2. The zero-order valence-corrected chi connectivity index (χ0v) is 11.4. The second kappa shape index (κ2) is 7.39. The Kier molecular flexibility index (Phi) is 6.16. The molecule has 1 aliphatic carbocycles. The molecule has 0 aromatic heterocycles. The SMILES string of the molecule is CC1CC(C)CC(NC(=O)CCCCC(=O)O)C1. The number of carbonyl (C=O) groups is 2. The molecule has 104 valence electrons. The third-order valence-corrected chi connectivity index (χ3v) is 3.59. The topological polar surface area (TPSA) is 66.4 Å². The van der Waals surface area contributed by atoms with Crippen LogP contribution in [0.5, 0.6) is 0 Å². The number of rotatable bonds is 6.